The Labute approximate surface area is 124 Å². The zero-order valence-electron chi connectivity index (χ0n) is 12.1. The van der Waals surface area contributed by atoms with Gasteiger partial charge in [0.05, 0.1) is 5.69 Å². The fourth-order valence-electron chi connectivity index (χ4n) is 2.25. The second kappa shape index (κ2) is 6.80. The number of benzene rings is 1. The molecule has 2 N–H and O–H groups in total. The van der Waals surface area contributed by atoms with Crippen molar-refractivity contribution in [3.05, 3.63) is 59.2 Å². The number of hydrogen-bond donors (Lipinski definition) is 2. The number of aromatic nitrogens is 1. The Hall–Kier alpha value is -1.76. The lowest BCUT2D eigenvalue weighted by molar-refractivity contribution is 0.314. The van der Waals surface area contributed by atoms with Crippen molar-refractivity contribution < 1.29 is 14.4 Å². The van der Waals surface area contributed by atoms with E-state index in [4.69, 9.17) is 10.0 Å². The van der Waals surface area contributed by atoms with Crippen LogP contribution in [0.5, 0.6) is 0 Å². The average Bonchev–Trinajstić information content (AvgIpc) is 2.37. The van der Waals surface area contributed by atoms with E-state index in [1.807, 2.05) is 37.1 Å². The van der Waals surface area contributed by atoms with Crippen LogP contribution in [0.1, 0.15) is 17.0 Å². The summed E-state index contributed by atoms with van der Waals surface area (Å²) in [6.45, 7) is 3.06. The van der Waals surface area contributed by atoms with Crippen LogP contribution in [-0.4, -0.2) is 34.1 Å². The number of aryl methyl sites for hydroxylation is 1. The van der Waals surface area contributed by atoms with Crippen molar-refractivity contribution in [3.8, 4) is 0 Å². The largest absolute Gasteiger partial charge is 0.488 e. The Bertz CT molecular complexity index is 622. The molecule has 0 aliphatic heterocycles. The molecule has 0 fully saturated rings. The summed E-state index contributed by atoms with van der Waals surface area (Å²) < 4.78 is 13.5. The molecular formula is C15H18BFN2O2. The summed E-state index contributed by atoms with van der Waals surface area (Å²) in [4.78, 5) is 6.41. The van der Waals surface area contributed by atoms with E-state index in [2.05, 4.69) is 4.98 Å². The number of halogens is 1. The normalized spacial score (nSPS) is 11.0. The highest BCUT2D eigenvalue weighted by Gasteiger charge is 2.14. The molecule has 0 radical (unpaired) electrons. The molecule has 1 aromatic carbocycles. The molecule has 0 spiro atoms. The van der Waals surface area contributed by atoms with Crippen LogP contribution in [0.3, 0.4) is 0 Å². The van der Waals surface area contributed by atoms with Crippen LogP contribution in [0.2, 0.25) is 0 Å². The lowest BCUT2D eigenvalue weighted by Gasteiger charge is -2.17. The van der Waals surface area contributed by atoms with Gasteiger partial charge in [-0.1, -0.05) is 12.1 Å². The molecule has 1 heterocycles. The first kappa shape index (κ1) is 15.6. The smallest absolute Gasteiger partial charge is 0.423 e. The number of pyridine rings is 1. The fourth-order valence-corrected chi connectivity index (χ4v) is 2.25. The van der Waals surface area contributed by atoms with Crippen molar-refractivity contribution in [3.63, 3.8) is 0 Å². The molecule has 110 valence electrons. The highest BCUT2D eigenvalue weighted by atomic mass is 19.1. The third-order valence-corrected chi connectivity index (χ3v) is 3.11. The monoisotopic (exact) mass is 288 g/mol. The molecule has 4 nitrogen and oxygen atoms in total. The summed E-state index contributed by atoms with van der Waals surface area (Å²) in [7, 11) is 0.243. The van der Waals surface area contributed by atoms with Gasteiger partial charge in [-0.05, 0) is 49.3 Å². The maximum Gasteiger partial charge on any atom is 0.488 e. The molecule has 0 amide bonds. The highest BCUT2D eigenvalue weighted by molar-refractivity contribution is 6.58. The van der Waals surface area contributed by atoms with Gasteiger partial charge >= 0.3 is 7.12 Å². The molecule has 21 heavy (non-hydrogen) atoms. The van der Waals surface area contributed by atoms with Gasteiger partial charge in [0.2, 0.25) is 0 Å². The number of rotatable bonds is 5. The van der Waals surface area contributed by atoms with E-state index >= 15 is 0 Å². The second-order valence-electron chi connectivity index (χ2n) is 5.21. The minimum Gasteiger partial charge on any atom is -0.423 e. The summed E-state index contributed by atoms with van der Waals surface area (Å²) in [5, 5.41) is 18.3. The van der Waals surface area contributed by atoms with E-state index in [0.29, 0.717) is 18.7 Å². The first-order valence-corrected chi connectivity index (χ1v) is 6.70. The van der Waals surface area contributed by atoms with Gasteiger partial charge in [0.25, 0.3) is 0 Å². The summed E-state index contributed by atoms with van der Waals surface area (Å²) in [6, 6.07) is 9.94. The zero-order chi connectivity index (χ0) is 15.4. The predicted octanol–water partition coefficient (Wildman–Crippen LogP) is 0.841. The van der Waals surface area contributed by atoms with Crippen molar-refractivity contribution >= 4 is 12.6 Å². The number of hydrogen-bond acceptors (Lipinski definition) is 4. The predicted molar refractivity (Wildman–Crippen MR) is 80.4 cm³/mol. The molecule has 2 rings (SSSR count). The molecule has 0 saturated carbocycles. The molecule has 2 aromatic rings. The molecule has 0 bridgehead atoms. The molecule has 0 saturated heterocycles. The minimum absolute atomic E-state index is 0.159. The third-order valence-electron chi connectivity index (χ3n) is 3.11. The van der Waals surface area contributed by atoms with E-state index in [1.165, 1.54) is 6.07 Å². The molecule has 1 aromatic heterocycles. The summed E-state index contributed by atoms with van der Waals surface area (Å²) in [5.74, 6) is -0.474. The standard InChI is InChI=1S/C15H18BFN2O2/c1-11-4-3-5-15(18-11)10-19(2)9-12-6-13(16(20)21)8-14(17)7-12/h3-8,20-21H,9-10H2,1-2H3. The lowest BCUT2D eigenvalue weighted by atomic mass is 9.79. The lowest BCUT2D eigenvalue weighted by Crippen LogP contribution is -2.31. The quantitative estimate of drug-likeness (QED) is 0.801. The molecule has 6 heteroatoms. The van der Waals surface area contributed by atoms with Crippen molar-refractivity contribution in [2.45, 2.75) is 20.0 Å². The maximum atomic E-state index is 13.5. The van der Waals surface area contributed by atoms with E-state index in [1.54, 1.807) is 6.07 Å². The van der Waals surface area contributed by atoms with Crippen LogP contribution in [-0.2, 0) is 13.1 Å². The highest BCUT2D eigenvalue weighted by Crippen LogP contribution is 2.08. The van der Waals surface area contributed by atoms with E-state index in [9.17, 15) is 4.39 Å². The molecule has 0 atom stereocenters. The Morgan fingerprint density at radius 2 is 1.95 bits per heavy atom. The van der Waals surface area contributed by atoms with Crippen molar-refractivity contribution in [2.24, 2.45) is 0 Å². The van der Waals surface area contributed by atoms with Crippen molar-refractivity contribution in [1.82, 2.24) is 9.88 Å². The van der Waals surface area contributed by atoms with Crippen LogP contribution in [0, 0.1) is 12.7 Å². The van der Waals surface area contributed by atoms with Crippen molar-refractivity contribution in [2.75, 3.05) is 7.05 Å². The van der Waals surface area contributed by atoms with Gasteiger partial charge in [-0.25, -0.2) is 4.39 Å². The van der Waals surface area contributed by atoms with E-state index < -0.39 is 12.9 Å². The summed E-state index contributed by atoms with van der Waals surface area (Å²) >= 11 is 0. The van der Waals surface area contributed by atoms with Gasteiger partial charge in [0.1, 0.15) is 5.82 Å². The third kappa shape index (κ3) is 4.63. The second-order valence-corrected chi connectivity index (χ2v) is 5.21. The van der Waals surface area contributed by atoms with Crippen molar-refractivity contribution in [1.29, 1.82) is 0 Å². The van der Waals surface area contributed by atoms with Gasteiger partial charge in [0, 0.05) is 18.8 Å². The van der Waals surface area contributed by atoms with Gasteiger partial charge in [-0.3, -0.25) is 9.88 Å². The van der Waals surface area contributed by atoms with Crippen LogP contribution in [0.15, 0.2) is 36.4 Å². The molecule has 0 unspecified atom stereocenters. The average molecular weight is 288 g/mol. The van der Waals surface area contributed by atoms with Gasteiger partial charge in [0.15, 0.2) is 0 Å². The Morgan fingerprint density at radius 1 is 1.19 bits per heavy atom. The molecular weight excluding hydrogens is 270 g/mol. The van der Waals surface area contributed by atoms with Crippen LogP contribution in [0.4, 0.5) is 4.39 Å². The van der Waals surface area contributed by atoms with E-state index in [-0.39, 0.29) is 5.46 Å². The van der Waals surface area contributed by atoms with Crippen LogP contribution < -0.4 is 5.46 Å². The minimum atomic E-state index is -1.66. The topological polar surface area (TPSA) is 56.6 Å². The zero-order valence-corrected chi connectivity index (χ0v) is 12.1. The van der Waals surface area contributed by atoms with Gasteiger partial charge in [-0.2, -0.15) is 0 Å². The van der Waals surface area contributed by atoms with Gasteiger partial charge < -0.3 is 10.0 Å². The maximum absolute atomic E-state index is 13.5. The summed E-state index contributed by atoms with van der Waals surface area (Å²) in [6.07, 6.45) is 0. The van der Waals surface area contributed by atoms with Crippen LogP contribution >= 0.6 is 0 Å². The van der Waals surface area contributed by atoms with Gasteiger partial charge in [-0.15, -0.1) is 0 Å². The Kier molecular flexibility index (Phi) is 5.06. The molecule has 0 aliphatic carbocycles. The summed E-state index contributed by atoms with van der Waals surface area (Å²) in [5.41, 5.74) is 2.74. The number of nitrogens with zero attached hydrogens (tertiary/aromatic N) is 2. The first-order valence-electron chi connectivity index (χ1n) is 6.70. The first-order chi connectivity index (χ1) is 9.94. The molecule has 0 aliphatic rings. The fraction of sp³-hybridized carbons (Fsp3) is 0.267. The SMILES string of the molecule is Cc1cccc(CN(C)Cc2cc(F)cc(B(O)O)c2)n1. The Morgan fingerprint density at radius 3 is 2.62 bits per heavy atom. The van der Waals surface area contributed by atoms with E-state index in [0.717, 1.165) is 17.5 Å². The Balaban J connectivity index is 2.07. The van der Waals surface area contributed by atoms with Crippen LogP contribution in [0.25, 0.3) is 0 Å².